The normalized spacial score (nSPS) is 12.7. The van der Waals surface area contributed by atoms with Crippen molar-refractivity contribution in [3.63, 3.8) is 0 Å². The SMILES string of the molecule is CC(C)C(C)CNCc1ccc(C#N)o1. The molecule has 1 aromatic heterocycles. The molecule has 0 spiro atoms. The number of furan rings is 1. The van der Waals surface area contributed by atoms with Crippen molar-refractivity contribution in [3.05, 3.63) is 23.7 Å². The molecule has 0 aliphatic carbocycles. The van der Waals surface area contributed by atoms with Crippen molar-refractivity contribution in [2.75, 3.05) is 6.54 Å². The van der Waals surface area contributed by atoms with E-state index in [2.05, 4.69) is 26.1 Å². The zero-order chi connectivity index (χ0) is 11.3. The summed E-state index contributed by atoms with van der Waals surface area (Å²) in [5.41, 5.74) is 0. The predicted molar refractivity (Wildman–Crippen MR) is 59.1 cm³/mol. The quantitative estimate of drug-likeness (QED) is 0.805. The van der Waals surface area contributed by atoms with E-state index in [0.717, 1.165) is 12.3 Å². The average molecular weight is 206 g/mol. The summed E-state index contributed by atoms with van der Waals surface area (Å²) in [7, 11) is 0. The molecule has 0 aliphatic heterocycles. The molecule has 0 aromatic carbocycles. The van der Waals surface area contributed by atoms with Gasteiger partial charge in [-0.05, 0) is 30.5 Å². The standard InChI is InChI=1S/C12H18N2O/c1-9(2)10(3)7-14-8-12-5-4-11(6-13)15-12/h4-5,9-10,14H,7-8H2,1-3H3. The number of rotatable bonds is 5. The van der Waals surface area contributed by atoms with E-state index in [4.69, 9.17) is 9.68 Å². The summed E-state index contributed by atoms with van der Waals surface area (Å²) in [5, 5.41) is 11.9. The van der Waals surface area contributed by atoms with E-state index in [1.54, 1.807) is 6.07 Å². The first-order valence-corrected chi connectivity index (χ1v) is 5.33. The predicted octanol–water partition coefficient (Wildman–Crippen LogP) is 2.53. The van der Waals surface area contributed by atoms with Crippen LogP contribution < -0.4 is 5.32 Å². The molecule has 1 N–H and O–H groups in total. The molecule has 0 bridgehead atoms. The van der Waals surface area contributed by atoms with Gasteiger partial charge in [-0.15, -0.1) is 0 Å². The van der Waals surface area contributed by atoms with Gasteiger partial charge < -0.3 is 9.73 Å². The van der Waals surface area contributed by atoms with Crippen molar-refractivity contribution in [3.8, 4) is 6.07 Å². The summed E-state index contributed by atoms with van der Waals surface area (Å²) in [4.78, 5) is 0. The maximum atomic E-state index is 8.57. The lowest BCUT2D eigenvalue weighted by molar-refractivity contribution is 0.380. The van der Waals surface area contributed by atoms with Gasteiger partial charge >= 0.3 is 0 Å². The van der Waals surface area contributed by atoms with Crippen molar-refractivity contribution in [1.82, 2.24) is 5.32 Å². The van der Waals surface area contributed by atoms with Gasteiger partial charge in [0.25, 0.3) is 0 Å². The maximum Gasteiger partial charge on any atom is 0.203 e. The third-order valence-corrected chi connectivity index (χ3v) is 2.68. The lowest BCUT2D eigenvalue weighted by atomic mass is 9.98. The fraction of sp³-hybridized carbons (Fsp3) is 0.583. The van der Waals surface area contributed by atoms with E-state index in [9.17, 15) is 0 Å². The van der Waals surface area contributed by atoms with E-state index in [1.165, 1.54) is 0 Å². The molecule has 1 aromatic rings. The largest absolute Gasteiger partial charge is 0.449 e. The molecular formula is C12H18N2O. The van der Waals surface area contributed by atoms with Crippen molar-refractivity contribution in [2.45, 2.75) is 27.3 Å². The van der Waals surface area contributed by atoms with Crippen LogP contribution >= 0.6 is 0 Å². The fourth-order valence-electron chi connectivity index (χ4n) is 1.19. The second-order valence-corrected chi connectivity index (χ2v) is 4.23. The van der Waals surface area contributed by atoms with E-state index in [0.29, 0.717) is 24.1 Å². The second kappa shape index (κ2) is 5.57. The van der Waals surface area contributed by atoms with Crippen LogP contribution in [0.1, 0.15) is 32.3 Å². The Morgan fingerprint density at radius 3 is 2.67 bits per heavy atom. The van der Waals surface area contributed by atoms with Gasteiger partial charge in [-0.25, -0.2) is 0 Å². The Labute approximate surface area is 91.1 Å². The molecule has 0 amide bonds. The topological polar surface area (TPSA) is 49.0 Å². The van der Waals surface area contributed by atoms with Crippen LogP contribution in [0, 0.1) is 23.2 Å². The van der Waals surface area contributed by atoms with Gasteiger partial charge in [0.2, 0.25) is 5.76 Å². The number of nitriles is 1. The van der Waals surface area contributed by atoms with Gasteiger partial charge in [-0.2, -0.15) is 5.26 Å². The Hall–Kier alpha value is -1.27. The van der Waals surface area contributed by atoms with Crippen LogP contribution in [-0.4, -0.2) is 6.54 Å². The van der Waals surface area contributed by atoms with Crippen LogP contribution in [0.2, 0.25) is 0 Å². The summed E-state index contributed by atoms with van der Waals surface area (Å²) in [6.07, 6.45) is 0. The number of nitrogens with one attached hydrogen (secondary N) is 1. The van der Waals surface area contributed by atoms with Gasteiger partial charge in [-0.1, -0.05) is 20.8 Å². The molecule has 1 heterocycles. The summed E-state index contributed by atoms with van der Waals surface area (Å²) in [6.45, 7) is 8.32. The Balaban J connectivity index is 2.29. The Morgan fingerprint density at radius 2 is 2.13 bits per heavy atom. The highest BCUT2D eigenvalue weighted by Crippen LogP contribution is 2.09. The minimum Gasteiger partial charge on any atom is -0.449 e. The van der Waals surface area contributed by atoms with Crippen LogP contribution in [0.15, 0.2) is 16.5 Å². The maximum absolute atomic E-state index is 8.57. The van der Waals surface area contributed by atoms with Crippen molar-refractivity contribution >= 4 is 0 Å². The van der Waals surface area contributed by atoms with Gasteiger partial charge in [-0.3, -0.25) is 0 Å². The molecule has 3 heteroatoms. The monoisotopic (exact) mass is 206 g/mol. The van der Waals surface area contributed by atoms with Gasteiger partial charge in [0.15, 0.2) is 0 Å². The summed E-state index contributed by atoms with van der Waals surface area (Å²) in [5.74, 6) is 2.53. The molecule has 1 rings (SSSR count). The molecule has 0 saturated carbocycles. The first-order chi connectivity index (χ1) is 7.13. The molecule has 82 valence electrons. The molecule has 1 atom stereocenters. The molecule has 1 unspecified atom stereocenters. The van der Waals surface area contributed by atoms with Gasteiger partial charge in [0, 0.05) is 0 Å². The Morgan fingerprint density at radius 1 is 1.40 bits per heavy atom. The van der Waals surface area contributed by atoms with E-state index < -0.39 is 0 Å². The van der Waals surface area contributed by atoms with E-state index in [-0.39, 0.29) is 0 Å². The minimum absolute atomic E-state index is 0.378. The van der Waals surface area contributed by atoms with Gasteiger partial charge in [0.1, 0.15) is 11.8 Å². The third kappa shape index (κ3) is 3.77. The molecule has 3 nitrogen and oxygen atoms in total. The minimum atomic E-state index is 0.378. The van der Waals surface area contributed by atoms with Crippen LogP contribution in [-0.2, 0) is 6.54 Å². The molecule has 0 radical (unpaired) electrons. The van der Waals surface area contributed by atoms with Crippen molar-refractivity contribution in [2.24, 2.45) is 11.8 Å². The lowest BCUT2D eigenvalue weighted by Gasteiger charge is -2.15. The summed E-state index contributed by atoms with van der Waals surface area (Å²) >= 11 is 0. The van der Waals surface area contributed by atoms with E-state index in [1.807, 2.05) is 12.1 Å². The Kier molecular flexibility index (Phi) is 4.38. The molecule has 0 aliphatic rings. The number of hydrogen-bond acceptors (Lipinski definition) is 3. The molecular weight excluding hydrogens is 188 g/mol. The highest BCUT2D eigenvalue weighted by Gasteiger charge is 2.07. The van der Waals surface area contributed by atoms with Crippen molar-refractivity contribution < 1.29 is 4.42 Å². The summed E-state index contributed by atoms with van der Waals surface area (Å²) < 4.78 is 5.25. The molecule has 0 saturated heterocycles. The highest BCUT2D eigenvalue weighted by atomic mass is 16.3. The van der Waals surface area contributed by atoms with Crippen LogP contribution in [0.25, 0.3) is 0 Å². The number of nitrogens with zero attached hydrogens (tertiary/aromatic N) is 1. The first-order valence-electron chi connectivity index (χ1n) is 5.33. The van der Waals surface area contributed by atoms with Crippen LogP contribution in [0.4, 0.5) is 0 Å². The number of hydrogen-bond donors (Lipinski definition) is 1. The van der Waals surface area contributed by atoms with Crippen LogP contribution in [0.3, 0.4) is 0 Å². The fourth-order valence-corrected chi connectivity index (χ4v) is 1.19. The van der Waals surface area contributed by atoms with E-state index >= 15 is 0 Å². The average Bonchev–Trinajstić information content (AvgIpc) is 2.65. The first kappa shape index (κ1) is 11.8. The molecule has 0 fully saturated rings. The Bertz CT molecular complexity index is 336. The van der Waals surface area contributed by atoms with Crippen LogP contribution in [0.5, 0.6) is 0 Å². The summed E-state index contributed by atoms with van der Waals surface area (Å²) in [6, 6.07) is 5.51. The third-order valence-electron chi connectivity index (χ3n) is 2.68. The van der Waals surface area contributed by atoms with Crippen molar-refractivity contribution in [1.29, 1.82) is 5.26 Å². The smallest absolute Gasteiger partial charge is 0.203 e. The lowest BCUT2D eigenvalue weighted by Crippen LogP contribution is -2.23. The van der Waals surface area contributed by atoms with Gasteiger partial charge in [0.05, 0.1) is 6.54 Å². The zero-order valence-electron chi connectivity index (χ0n) is 9.58. The zero-order valence-corrected chi connectivity index (χ0v) is 9.58. The highest BCUT2D eigenvalue weighted by molar-refractivity contribution is 5.18. The molecule has 15 heavy (non-hydrogen) atoms. The second-order valence-electron chi connectivity index (χ2n) is 4.23.